The molecule has 0 heterocycles. The van der Waals surface area contributed by atoms with Crippen LogP contribution in [0.4, 0.5) is 0 Å². The zero-order valence-electron chi connectivity index (χ0n) is 10.1. The highest BCUT2D eigenvalue weighted by molar-refractivity contribution is 6.43. The number of ketones is 1. The number of rotatable bonds is 5. The summed E-state index contributed by atoms with van der Waals surface area (Å²) >= 11 is 11.8. The van der Waals surface area contributed by atoms with Crippen molar-refractivity contribution in [2.24, 2.45) is 0 Å². The number of Topliss-reactive ketones (excluding diaryl/α,β-unsaturated/α-hetero) is 1. The van der Waals surface area contributed by atoms with E-state index in [0.717, 1.165) is 5.56 Å². The van der Waals surface area contributed by atoms with Gasteiger partial charge in [0.1, 0.15) is 6.61 Å². The molecule has 0 aliphatic rings. The zero-order valence-corrected chi connectivity index (χ0v) is 11.6. The van der Waals surface area contributed by atoms with Gasteiger partial charge in [0.15, 0.2) is 5.78 Å². The van der Waals surface area contributed by atoms with Crippen molar-refractivity contribution in [3.63, 3.8) is 0 Å². The maximum absolute atomic E-state index is 11.9. The van der Waals surface area contributed by atoms with Gasteiger partial charge in [0.05, 0.1) is 16.7 Å². The van der Waals surface area contributed by atoms with Crippen LogP contribution in [0.25, 0.3) is 0 Å². The van der Waals surface area contributed by atoms with Crippen molar-refractivity contribution in [1.29, 1.82) is 0 Å². The predicted octanol–water partition coefficient (Wildman–Crippen LogP) is 4.39. The molecule has 19 heavy (non-hydrogen) atoms. The monoisotopic (exact) mass is 294 g/mol. The van der Waals surface area contributed by atoms with E-state index in [0.29, 0.717) is 17.2 Å². The largest absolute Gasteiger partial charge is 0.369 e. The van der Waals surface area contributed by atoms with E-state index in [4.69, 9.17) is 27.9 Å². The maximum atomic E-state index is 11.9. The standard InChI is InChI=1S/C15H12Cl2O2/c16-13-8-4-7-12(15(13)17)14(18)10-19-9-11-5-2-1-3-6-11/h1-8H,9-10H2. The van der Waals surface area contributed by atoms with E-state index >= 15 is 0 Å². The Hall–Kier alpha value is -1.35. The van der Waals surface area contributed by atoms with Gasteiger partial charge in [-0.3, -0.25) is 4.79 Å². The lowest BCUT2D eigenvalue weighted by atomic mass is 10.1. The van der Waals surface area contributed by atoms with Crippen LogP contribution < -0.4 is 0 Å². The molecule has 0 aliphatic carbocycles. The maximum Gasteiger partial charge on any atom is 0.190 e. The minimum absolute atomic E-state index is 0.0189. The van der Waals surface area contributed by atoms with Crippen LogP contribution in [-0.4, -0.2) is 12.4 Å². The van der Waals surface area contributed by atoms with Crippen molar-refractivity contribution in [2.45, 2.75) is 6.61 Å². The lowest BCUT2D eigenvalue weighted by molar-refractivity contribution is 0.0727. The van der Waals surface area contributed by atoms with Crippen LogP contribution in [0.5, 0.6) is 0 Å². The number of ether oxygens (including phenoxy) is 1. The highest BCUT2D eigenvalue weighted by atomic mass is 35.5. The molecule has 0 bridgehead atoms. The van der Waals surface area contributed by atoms with Gasteiger partial charge in [-0.25, -0.2) is 0 Å². The number of benzene rings is 2. The van der Waals surface area contributed by atoms with Crippen molar-refractivity contribution >= 4 is 29.0 Å². The number of hydrogen-bond donors (Lipinski definition) is 0. The first-order valence-electron chi connectivity index (χ1n) is 5.77. The minimum atomic E-state index is -0.177. The molecule has 2 rings (SSSR count). The summed E-state index contributed by atoms with van der Waals surface area (Å²) in [5, 5.41) is 0.646. The summed E-state index contributed by atoms with van der Waals surface area (Å²) in [4.78, 5) is 11.9. The van der Waals surface area contributed by atoms with Gasteiger partial charge in [-0.1, -0.05) is 59.6 Å². The van der Waals surface area contributed by atoms with Gasteiger partial charge in [0.2, 0.25) is 0 Å². The third-order valence-electron chi connectivity index (χ3n) is 2.60. The molecule has 0 unspecified atom stereocenters. The van der Waals surface area contributed by atoms with Gasteiger partial charge < -0.3 is 4.74 Å². The second-order valence-electron chi connectivity index (χ2n) is 4.00. The highest BCUT2D eigenvalue weighted by Crippen LogP contribution is 2.25. The number of halogens is 2. The third kappa shape index (κ3) is 3.80. The molecule has 0 saturated heterocycles. The van der Waals surface area contributed by atoms with Crippen molar-refractivity contribution in [2.75, 3.05) is 6.61 Å². The average Bonchev–Trinajstić information content (AvgIpc) is 2.43. The van der Waals surface area contributed by atoms with Crippen molar-refractivity contribution < 1.29 is 9.53 Å². The van der Waals surface area contributed by atoms with Crippen molar-refractivity contribution in [1.82, 2.24) is 0 Å². The van der Waals surface area contributed by atoms with Gasteiger partial charge in [0, 0.05) is 5.56 Å². The first kappa shape index (κ1) is 14.1. The van der Waals surface area contributed by atoms with Crippen LogP contribution in [0, 0.1) is 0 Å². The van der Waals surface area contributed by atoms with E-state index in [1.54, 1.807) is 18.2 Å². The number of hydrogen-bond acceptors (Lipinski definition) is 2. The van der Waals surface area contributed by atoms with Gasteiger partial charge in [-0.2, -0.15) is 0 Å². The van der Waals surface area contributed by atoms with Crippen LogP contribution in [0.2, 0.25) is 10.0 Å². The van der Waals surface area contributed by atoms with Crippen LogP contribution in [0.3, 0.4) is 0 Å². The molecule has 2 aromatic carbocycles. The molecule has 4 heteroatoms. The van der Waals surface area contributed by atoms with Gasteiger partial charge >= 0.3 is 0 Å². The molecule has 2 aromatic rings. The molecule has 2 nitrogen and oxygen atoms in total. The Balaban J connectivity index is 1.93. The van der Waals surface area contributed by atoms with E-state index in [-0.39, 0.29) is 17.4 Å². The van der Waals surface area contributed by atoms with E-state index in [1.807, 2.05) is 30.3 Å². The molecule has 98 valence electrons. The van der Waals surface area contributed by atoms with E-state index in [1.165, 1.54) is 0 Å². The minimum Gasteiger partial charge on any atom is -0.369 e. The summed E-state index contributed by atoms with van der Waals surface area (Å²) < 4.78 is 5.38. The summed E-state index contributed by atoms with van der Waals surface area (Å²) in [6.07, 6.45) is 0. The normalized spacial score (nSPS) is 10.4. The third-order valence-corrected chi connectivity index (χ3v) is 3.42. The van der Waals surface area contributed by atoms with Crippen molar-refractivity contribution in [3.05, 3.63) is 69.7 Å². The molecule has 0 fully saturated rings. The lowest BCUT2D eigenvalue weighted by Gasteiger charge is -2.06. The Morgan fingerprint density at radius 1 is 1.00 bits per heavy atom. The second-order valence-corrected chi connectivity index (χ2v) is 4.79. The average molecular weight is 295 g/mol. The van der Waals surface area contributed by atoms with Crippen LogP contribution >= 0.6 is 23.2 Å². The fourth-order valence-electron chi connectivity index (χ4n) is 1.63. The second kappa shape index (κ2) is 6.71. The summed E-state index contributed by atoms with van der Waals surface area (Å²) in [6, 6.07) is 14.6. The smallest absolute Gasteiger partial charge is 0.190 e. The fourth-order valence-corrected chi connectivity index (χ4v) is 2.04. The Kier molecular flexibility index (Phi) is 4.97. The van der Waals surface area contributed by atoms with Crippen LogP contribution in [-0.2, 0) is 11.3 Å². The summed E-state index contributed by atoms with van der Waals surface area (Å²) in [7, 11) is 0. The Bertz CT molecular complexity index is 568. The zero-order chi connectivity index (χ0) is 13.7. The fraction of sp³-hybridized carbons (Fsp3) is 0.133. The Morgan fingerprint density at radius 2 is 1.74 bits per heavy atom. The first-order valence-corrected chi connectivity index (χ1v) is 6.53. The molecule has 0 saturated carbocycles. The molecule has 0 spiro atoms. The van der Waals surface area contributed by atoms with Crippen LogP contribution in [0.1, 0.15) is 15.9 Å². The van der Waals surface area contributed by atoms with Gasteiger partial charge in [-0.15, -0.1) is 0 Å². The molecular weight excluding hydrogens is 283 g/mol. The summed E-state index contributed by atoms with van der Waals surface area (Å²) in [5.74, 6) is -0.177. The number of carbonyl (C=O) groups is 1. The van der Waals surface area contributed by atoms with Crippen LogP contribution in [0.15, 0.2) is 48.5 Å². The number of carbonyl (C=O) groups excluding carboxylic acids is 1. The molecule has 0 aliphatic heterocycles. The van der Waals surface area contributed by atoms with E-state index in [2.05, 4.69) is 0 Å². The molecule has 0 atom stereocenters. The van der Waals surface area contributed by atoms with Gasteiger partial charge in [-0.05, 0) is 17.7 Å². The highest BCUT2D eigenvalue weighted by Gasteiger charge is 2.12. The first-order chi connectivity index (χ1) is 9.18. The molecule has 0 N–H and O–H groups in total. The van der Waals surface area contributed by atoms with E-state index in [9.17, 15) is 4.79 Å². The Labute approximate surface area is 121 Å². The van der Waals surface area contributed by atoms with Crippen molar-refractivity contribution in [3.8, 4) is 0 Å². The topological polar surface area (TPSA) is 26.3 Å². The van der Waals surface area contributed by atoms with E-state index < -0.39 is 0 Å². The Morgan fingerprint density at radius 3 is 2.47 bits per heavy atom. The molecule has 0 amide bonds. The summed E-state index contributed by atoms with van der Waals surface area (Å²) in [6.45, 7) is 0.375. The SMILES string of the molecule is O=C(COCc1ccccc1)c1cccc(Cl)c1Cl. The lowest BCUT2D eigenvalue weighted by Crippen LogP contribution is -2.09. The molecule has 0 aromatic heterocycles. The molecule has 0 radical (unpaired) electrons. The summed E-state index contributed by atoms with van der Waals surface area (Å²) in [5.41, 5.74) is 1.41. The predicted molar refractivity (Wildman–Crippen MR) is 76.9 cm³/mol. The molecular formula is C15H12Cl2O2. The van der Waals surface area contributed by atoms with Gasteiger partial charge in [0.25, 0.3) is 0 Å². The quantitative estimate of drug-likeness (QED) is 0.764.